The van der Waals surface area contributed by atoms with Gasteiger partial charge in [-0.05, 0) is 99.4 Å². The van der Waals surface area contributed by atoms with Crippen LogP contribution >= 0.6 is 11.6 Å². The molecule has 2 aromatic heterocycles. The van der Waals surface area contributed by atoms with E-state index in [1.807, 2.05) is 61.5 Å². The number of nitrogens with one attached hydrogen (secondary N) is 3. The molecule has 3 N–H and O–H groups in total. The number of halogens is 1. The Kier molecular flexibility index (Phi) is 9.92. The van der Waals surface area contributed by atoms with E-state index in [1.54, 1.807) is 12.4 Å². The highest BCUT2D eigenvalue weighted by Crippen LogP contribution is 2.28. The van der Waals surface area contributed by atoms with E-state index in [4.69, 9.17) is 21.3 Å². The summed E-state index contributed by atoms with van der Waals surface area (Å²) >= 11 is 6.52. The average molecular weight is 588 g/mol. The molecule has 5 rings (SSSR count). The first-order valence-corrected chi connectivity index (χ1v) is 14.9. The number of nitrogens with zero attached hydrogens (tertiary/aromatic N) is 4. The number of piperidine rings is 1. The van der Waals surface area contributed by atoms with Gasteiger partial charge in [0.2, 0.25) is 0 Å². The Morgan fingerprint density at radius 3 is 2.76 bits per heavy atom. The van der Waals surface area contributed by atoms with Gasteiger partial charge in [-0.1, -0.05) is 17.7 Å². The maximum absolute atomic E-state index is 12.6. The number of amides is 2. The number of ether oxygens (including phenoxy) is 1. The maximum Gasteiger partial charge on any atom is 0.321 e. The van der Waals surface area contributed by atoms with Gasteiger partial charge in [-0.15, -0.1) is 0 Å². The lowest BCUT2D eigenvalue weighted by Crippen LogP contribution is -2.41. The number of amidine groups is 1. The zero-order valence-electron chi connectivity index (χ0n) is 24.1. The number of hydrogen-bond acceptors (Lipinski definition) is 7. The zero-order valence-corrected chi connectivity index (χ0v) is 24.9. The van der Waals surface area contributed by atoms with Crippen LogP contribution in [-0.4, -0.2) is 52.6 Å². The third-order valence-corrected chi connectivity index (χ3v) is 7.97. The number of allylic oxidation sites excluding steroid dienone is 1. The highest BCUT2D eigenvalue weighted by atomic mass is 35.5. The van der Waals surface area contributed by atoms with E-state index in [0.717, 1.165) is 73.4 Å². The monoisotopic (exact) mass is 587 g/mol. The number of rotatable bonds is 6. The summed E-state index contributed by atoms with van der Waals surface area (Å²) < 4.78 is 6.37. The number of aryl methyl sites for hydroxylation is 2. The Balaban J connectivity index is 1.21. The van der Waals surface area contributed by atoms with Gasteiger partial charge in [0, 0.05) is 31.2 Å². The first-order valence-electron chi connectivity index (χ1n) is 14.6. The second kappa shape index (κ2) is 14.2. The fraction of sp³-hybridized carbons (Fsp3) is 0.375. The SMILES string of the molecule is C/C=C(Cl)\C1=N/C(C)Nc2cncc(c2)CCc2cc(ccc2OCCC2CCN(C(=O)Nc3cccnc3)CC2)N1. The van der Waals surface area contributed by atoms with Gasteiger partial charge in [0.1, 0.15) is 17.8 Å². The van der Waals surface area contributed by atoms with Crippen molar-refractivity contribution >= 4 is 40.5 Å². The summed E-state index contributed by atoms with van der Waals surface area (Å²) in [5, 5.41) is 10.3. The van der Waals surface area contributed by atoms with Crippen LogP contribution in [0.1, 0.15) is 44.2 Å². The number of carbonyl (C=O) groups excluding carboxylic acids is 1. The Bertz CT molecular complexity index is 1420. The van der Waals surface area contributed by atoms with Crippen molar-refractivity contribution in [1.82, 2.24) is 14.9 Å². The number of carbonyl (C=O) groups is 1. The van der Waals surface area contributed by atoms with E-state index in [2.05, 4.69) is 38.1 Å². The zero-order chi connectivity index (χ0) is 29.3. The van der Waals surface area contributed by atoms with Gasteiger partial charge in [-0.2, -0.15) is 0 Å². The quantitative estimate of drug-likeness (QED) is 0.296. The van der Waals surface area contributed by atoms with Crippen LogP contribution in [0.25, 0.3) is 0 Å². The third kappa shape index (κ3) is 8.00. The molecule has 1 unspecified atom stereocenters. The van der Waals surface area contributed by atoms with Gasteiger partial charge in [-0.25, -0.2) is 9.79 Å². The van der Waals surface area contributed by atoms with E-state index < -0.39 is 0 Å². The molecule has 1 saturated heterocycles. The first kappa shape index (κ1) is 29.4. The molecular formula is C32H38ClN7O2. The normalized spacial score (nSPS) is 19.1. The summed E-state index contributed by atoms with van der Waals surface area (Å²) in [4.78, 5) is 27.8. The minimum Gasteiger partial charge on any atom is -0.493 e. The van der Waals surface area contributed by atoms with Gasteiger partial charge in [0.05, 0.1) is 35.4 Å². The number of aliphatic imine (C=N–C) groups is 1. The second-order valence-corrected chi connectivity index (χ2v) is 11.1. The van der Waals surface area contributed by atoms with Crippen molar-refractivity contribution in [2.45, 2.75) is 52.1 Å². The molecule has 4 heterocycles. The summed E-state index contributed by atoms with van der Waals surface area (Å²) in [6.07, 6.45) is 13.2. The number of fused-ring (bicyclic) bond motifs is 4. The van der Waals surface area contributed by atoms with Gasteiger partial charge in [0.25, 0.3) is 0 Å². The van der Waals surface area contributed by atoms with E-state index >= 15 is 0 Å². The van der Waals surface area contributed by atoms with E-state index in [0.29, 0.717) is 29.1 Å². The summed E-state index contributed by atoms with van der Waals surface area (Å²) in [6.45, 7) is 5.98. The van der Waals surface area contributed by atoms with Crippen molar-refractivity contribution < 1.29 is 9.53 Å². The molecule has 1 fully saturated rings. The van der Waals surface area contributed by atoms with Crippen LogP contribution in [0, 0.1) is 5.92 Å². The molecule has 2 amide bonds. The Morgan fingerprint density at radius 2 is 1.98 bits per heavy atom. The largest absolute Gasteiger partial charge is 0.493 e. The van der Waals surface area contributed by atoms with Crippen molar-refractivity contribution in [2.75, 3.05) is 35.6 Å². The molecule has 4 bridgehead atoms. The summed E-state index contributed by atoms with van der Waals surface area (Å²) in [6, 6.07) is 11.9. The van der Waals surface area contributed by atoms with Gasteiger partial charge in [0.15, 0.2) is 0 Å². The van der Waals surface area contributed by atoms with Crippen LogP contribution in [0.3, 0.4) is 0 Å². The highest BCUT2D eigenvalue weighted by Gasteiger charge is 2.23. The number of hydrogen-bond donors (Lipinski definition) is 3. The number of anilines is 3. The van der Waals surface area contributed by atoms with Crippen LogP contribution in [-0.2, 0) is 12.8 Å². The Morgan fingerprint density at radius 1 is 1.12 bits per heavy atom. The second-order valence-electron chi connectivity index (χ2n) is 10.7. The van der Waals surface area contributed by atoms with E-state index in [-0.39, 0.29) is 12.2 Å². The molecule has 9 nitrogen and oxygen atoms in total. The highest BCUT2D eigenvalue weighted by molar-refractivity contribution is 6.44. The molecule has 10 heteroatoms. The minimum atomic E-state index is -0.205. The number of benzene rings is 1. The molecule has 1 atom stereocenters. The standard InChI is InChI=1S/C32H38ClN7O2/c1-3-29(33)31-37-22(2)36-28-17-24(19-35-21-28)6-7-25-18-26(38-31)8-9-30(25)42-16-12-23-10-14-40(15-11-23)32(41)39-27-5-4-13-34-20-27/h3-5,8-9,13,17-23,36H,6-7,10-12,14-16H2,1-2H3,(H,37,38)(H,39,41)/b29-3+. The molecule has 2 aliphatic rings. The lowest BCUT2D eigenvalue weighted by atomic mass is 9.94. The van der Waals surface area contributed by atoms with Crippen molar-refractivity contribution in [2.24, 2.45) is 10.9 Å². The smallest absolute Gasteiger partial charge is 0.321 e. The van der Waals surface area contributed by atoms with Crippen LogP contribution in [0.5, 0.6) is 5.75 Å². The number of likely N-dealkylation sites (tertiary alicyclic amines) is 1. The summed E-state index contributed by atoms with van der Waals surface area (Å²) in [5.41, 5.74) is 4.80. The van der Waals surface area contributed by atoms with Gasteiger partial charge in [-0.3, -0.25) is 9.97 Å². The number of aromatic nitrogens is 2. The fourth-order valence-corrected chi connectivity index (χ4v) is 5.37. The van der Waals surface area contributed by atoms with Crippen molar-refractivity contribution in [3.8, 4) is 5.75 Å². The molecule has 0 aliphatic carbocycles. The molecule has 0 radical (unpaired) electrons. The Labute approximate surface area is 252 Å². The van der Waals surface area contributed by atoms with Crippen LogP contribution in [0.4, 0.5) is 21.9 Å². The van der Waals surface area contributed by atoms with Crippen LogP contribution in [0.15, 0.2) is 77.3 Å². The van der Waals surface area contributed by atoms with Crippen molar-refractivity contribution in [1.29, 1.82) is 0 Å². The molecule has 2 aliphatic heterocycles. The molecule has 42 heavy (non-hydrogen) atoms. The summed E-state index contributed by atoms with van der Waals surface area (Å²) in [5.74, 6) is 2.00. The number of pyridine rings is 2. The predicted octanol–water partition coefficient (Wildman–Crippen LogP) is 6.70. The topological polar surface area (TPSA) is 104 Å². The first-order chi connectivity index (χ1) is 20.5. The van der Waals surface area contributed by atoms with Gasteiger partial charge >= 0.3 is 6.03 Å². The van der Waals surface area contributed by atoms with E-state index in [1.165, 1.54) is 0 Å². The van der Waals surface area contributed by atoms with Crippen LogP contribution < -0.4 is 20.7 Å². The minimum absolute atomic E-state index is 0.0682. The van der Waals surface area contributed by atoms with Gasteiger partial charge < -0.3 is 25.6 Å². The molecule has 1 aromatic carbocycles. The maximum atomic E-state index is 12.6. The van der Waals surface area contributed by atoms with Crippen molar-refractivity contribution in [3.63, 3.8) is 0 Å². The molecule has 3 aromatic rings. The fourth-order valence-electron chi connectivity index (χ4n) is 5.27. The van der Waals surface area contributed by atoms with E-state index in [9.17, 15) is 4.79 Å². The Hall–Kier alpha value is -4.11. The predicted molar refractivity (Wildman–Crippen MR) is 170 cm³/mol. The summed E-state index contributed by atoms with van der Waals surface area (Å²) in [7, 11) is 0. The molecule has 220 valence electrons. The van der Waals surface area contributed by atoms with Crippen LogP contribution in [0.2, 0.25) is 0 Å². The lowest BCUT2D eigenvalue weighted by molar-refractivity contribution is 0.170. The van der Waals surface area contributed by atoms with Crippen molar-refractivity contribution in [3.05, 3.63) is 83.4 Å². The number of urea groups is 1. The third-order valence-electron chi connectivity index (χ3n) is 7.58. The average Bonchev–Trinajstić information content (AvgIpc) is 3.01. The lowest BCUT2D eigenvalue weighted by Gasteiger charge is -2.32. The molecule has 0 spiro atoms. The molecular weight excluding hydrogens is 550 g/mol. The molecule has 0 saturated carbocycles.